The maximum atomic E-state index is 14.2. The lowest BCUT2D eigenvalue weighted by molar-refractivity contribution is 0.0312. The Bertz CT molecular complexity index is 1240. The Balaban J connectivity index is 1.68. The summed E-state index contributed by atoms with van der Waals surface area (Å²) in [5.74, 6) is -1.50. The maximum absolute atomic E-state index is 14.2. The largest absolute Gasteiger partial charge is 0.472 e. The number of hydrogen-bond donors (Lipinski definition) is 1. The molecule has 1 aromatic carbocycles. The molecule has 36 heavy (non-hydrogen) atoms. The zero-order valence-electron chi connectivity index (χ0n) is 20.3. The summed E-state index contributed by atoms with van der Waals surface area (Å²) in [7, 11) is 1.58. The van der Waals surface area contributed by atoms with Gasteiger partial charge in [-0.1, -0.05) is 19.1 Å². The van der Waals surface area contributed by atoms with Crippen LogP contribution in [0, 0.1) is 11.7 Å². The average Bonchev–Trinajstić information content (AvgIpc) is 2.90. The summed E-state index contributed by atoms with van der Waals surface area (Å²) in [6.07, 6.45) is 5.67. The first-order valence-electron chi connectivity index (χ1n) is 11.6. The number of benzene rings is 1. The molecule has 0 saturated carbocycles. The molecule has 9 nitrogen and oxygen atoms in total. The van der Waals surface area contributed by atoms with Gasteiger partial charge in [0.2, 0.25) is 5.88 Å². The Morgan fingerprint density at radius 1 is 1.25 bits per heavy atom. The molecule has 188 valence electrons. The van der Waals surface area contributed by atoms with Crippen LogP contribution in [0.2, 0.25) is 0 Å². The second-order valence-electron chi connectivity index (χ2n) is 8.99. The summed E-state index contributed by atoms with van der Waals surface area (Å²) in [6.45, 7) is 3.87. The highest BCUT2D eigenvalue weighted by Crippen LogP contribution is 2.30. The van der Waals surface area contributed by atoms with E-state index in [-0.39, 0.29) is 48.5 Å². The van der Waals surface area contributed by atoms with E-state index in [1.165, 1.54) is 29.4 Å². The first-order valence-corrected chi connectivity index (χ1v) is 11.6. The fourth-order valence-corrected chi connectivity index (χ4v) is 4.12. The van der Waals surface area contributed by atoms with Crippen LogP contribution in [0.4, 0.5) is 4.39 Å². The molecule has 0 bridgehead atoms. The number of amides is 2. The quantitative estimate of drug-likeness (QED) is 0.562. The molecule has 0 spiro atoms. The van der Waals surface area contributed by atoms with Gasteiger partial charge in [-0.3, -0.25) is 9.59 Å². The van der Waals surface area contributed by atoms with Crippen LogP contribution in [-0.2, 0) is 0 Å². The van der Waals surface area contributed by atoms with Gasteiger partial charge in [0, 0.05) is 49.2 Å². The molecule has 0 fully saturated rings. The third-order valence-electron chi connectivity index (χ3n) is 6.32. The Hall–Kier alpha value is -3.92. The lowest BCUT2D eigenvalue weighted by atomic mass is 9.99. The molecule has 3 atom stereocenters. The molecule has 4 rings (SSSR count). The number of carbonyl (C=O) groups is 2. The van der Waals surface area contributed by atoms with E-state index < -0.39 is 23.9 Å². The van der Waals surface area contributed by atoms with Crippen LogP contribution in [-0.4, -0.2) is 80.6 Å². The van der Waals surface area contributed by atoms with Crippen molar-refractivity contribution in [2.75, 3.05) is 26.7 Å². The fourth-order valence-electron chi connectivity index (χ4n) is 4.12. The van der Waals surface area contributed by atoms with E-state index in [2.05, 4.69) is 15.0 Å². The van der Waals surface area contributed by atoms with Crippen molar-refractivity contribution < 1.29 is 23.8 Å². The molecule has 0 unspecified atom stereocenters. The fraction of sp³-hybridized carbons (Fsp3) is 0.346. The van der Waals surface area contributed by atoms with Gasteiger partial charge in [-0.05, 0) is 25.1 Å². The van der Waals surface area contributed by atoms with Gasteiger partial charge >= 0.3 is 0 Å². The smallest absolute Gasteiger partial charge is 0.259 e. The number of aliphatic hydroxyl groups is 1. The highest BCUT2D eigenvalue weighted by atomic mass is 19.1. The van der Waals surface area contributed by atoms with Gasteiger partial charge in [0.15, 0.2) is 0 Å². The van der Waals surface area contributed by atoms with E-state index in [1.54, 1.807) is 49.6 Å². The minimum Gasteiger partial charge on any atom is -0.472 e. The van der Waals surface area contributed by atoms with Gasteiger partial charge in [0.05, 0.1) is 24.8 Å². The van der Waals surface area contributed by atoms with Crippen molar-refractivity contribution in [3.8, 4) is 17.0 Å². The molecule has 0 aliphatic carbocycles. The van der Waals surface area contributed by atoms with Crippen molar-refractivity contribution in [3.63, 3.8) is 0 Å². The van der Waals surface area contributed by atoms with Crippen LogP contribution in [0.25, 0.3) is 11.1 Å². The van der Waals surface area contributed by atoms with Gasteiger partial charge in [0.1, 0.15) is 23.8 Å². The minimum atomic E-state index is -0.598. The lowest BCUT2D eigenvalue weighted by Gasteiger charge is -2.37. The number of hydrogen-bond acceptors (Lipinski definition) is 7. The molecule has 1 aliphatic heterocycles. The van der Waals surface area contributed by atoms with Crippen LogP contribution in [0.5, 0.6) is 5.88 Å². The second-order valence-corrected chi connectivity index (χ2v) is 8.99. The van der Waals surface area contributed by atoms with Crippen LogP contribution in [0.15, 0.2) is 55.2 Å². The molecular weight excluding hydrogens is 465 g/mol. The monoisotopic (exact) mass is 493 g/mol. The molecule has 3 heterocycles. The third kappa shape index (κ3) is 5.18. The van der Waals surface area contributed by atoms with E-state index in [0.717, 1.165) is 0 Å². The highest BCUT2D eigenvalue weighted by molar-refractivity contribution is 5.98. The summed E-state index contributed by atoms with van der Waals surface area (Å²) in [6, 6.07) is 7.03. The number of halogens is 1. The standard InChI is InChI=1S/C26H28FN5O4/c1-16-12-32(17(2)14-33)26(35)21-8-18(19-9-28-15-29-10-19)11-30-24(21)36-23(16)13-31(3)25(34)20-6-4-5-7-22(20)27/h4-11,15-17,23,33H,12-14H2,1-3H3/t16-,17-,23-/m1/s1. The Morgan fingerprint density at radius 3 is 2.67 bits per heavy atom. The first-order chi connectivity index (χ1) is 17.3. The van der Waals surface area contributed by atoms with E-state index in [0.29, 0.717) is 11.1 Å². The number of nitrogens with zero attached hydrogens (tertiary/aromatic N) is 5. The van der Waals surface area contributed by atoms with Crippen LogP contribution >= 0.6 is 0 Å². The molecule has 1 N–H and O–H groups in total. The lowest BCUT2D eigenvalue weighted by Crippen LogP contribution is -2.50. The Kier molecular flexibility index (Phi) is 7.54. The van der Waals surface area contributed by atoms with Gasteiger partial charge in [0.25, 0.3) is 11.8 Å². The predicted octanol–water partition coefficient (Wildman–Crippen LogP) is 2.67. The van der Waals surface area contributed by atoms with E-state index >= 15 is 0 Å². The maximum Gasteiger partial charge on any atom is 0.259 e. The molecule has 2 amide bonds. The van der Waals surface area contributed by atoms with Gasteiger partial charge in [-0.2, -0.15) is 0 Å². The summed E-state index contributed by atoms with van der Waals surface area (Å²) >= 11 is 0. The molecule has 0 saturated heterocycles. The van der Waals surface area contributed by atoms with Gasteiger partial charge in [-0.15, -0.1) is 0 Å². The number of ether oxygens (including phenoxy) is 1. The second kappa shape index (κ2) is 10.8. The van der Waals surface area contributed by atoms with Crippen molar-refractivity contribution >= 4 is 11.8 Å². The zero-order chi connectivity index (χ0) is 25.8. The predicted molar refractivity (Wildman–Crippen MR) is 130 cm³/mol. The molecule has 0 radical (unpaired) electrons. The minimum absolute atomic E-state index is 0.0301. The molecule has 10 heteroatoms. The SMILES string of the molecule is C[C@@H]1CN([C@H](C)CO)C(=O)c2cc(-c3cncnc3)cnc2O[C@@H]1CN(C)C(=O)c1ccccc1F. The topological polar surface area (TPSA) is 109 Å². The summed E-state index contributed by atoms with van der Waals surface area (Å²) < 4.78 is 20.4. The number of pyridine rings is 1. The zero-order valence-corrected chi connectivity index (χ0v) is 20.3. The van der Waals surface area contributed by atoms with Crippen LogP contribution in [0.1, 0.15) is 34.6 Å². The number of carbonyl (C=O) groups excluding carboxylic acids is 2. The highest BCUT2D eigenvalue weighted by Gasteiger charge is 2.35. The van der Waals surface area contributed by atoms with E-state index in [4.69, 9.17) is 4.74 Å². The number of fused-ring (bicyclic) bond motifs is 1. The van der Waals surface area contributed by atoms with Crippen molar-refractivity contribution in [1.82, 2.24) is 24.8 Å². The Morgan fingerprint density at radius 2 is 1.97 bits per heavy atom. The molecule has 1 aliphatic rings. The Labute approximate surface area is 208 Å². The van der Waals surface area contributed by atoms with Crippen LogP contribution < -0.4 is 4.74 Å². The number of likely N-dealkylation sites (N-methyl/N-ethyl adjacent to an activating group) is 1. The van der Waals surface area contributed by atoms with Gasteiger partial charge < -0.3 is 19.6 Å². The van der Waals surface area contributed by atoms with Crippen LogP contribution in [0.3, 0.4) is 0 Å². The van der Waals surface area contributed by atoms with Gasteiger partial charge in [-0.25, -0.2) is 19.3 Å². The average molecular weight is 494 g/mol. The van der Waals surface area contributed by atoms with Crippen molar-refractivity contribution in [1.29, 1.82) is 0 Å². The number of aromatic nitrogens is 3. The summed E-state index contributed by atoms with van der Waals surface area (Å²) in [4.78, 5) is 41.9. The molecule has 2 aromatic heterocycles. The summed E-state index contributed by atoms with van der Waals surface area (Å²) in [5, 5.41) is 9.82. The number of aliphatic hydroxyl groups excluding tert-OH is 1. The normalized spacial score (nSPS) is 18.5. The van der Waals surface area contributed by atoms with Crippen molar-refractivity contribution in [2.24, 2.45) is 5.92 Å². The third-order valence-corrected chi connectivity index (χ3v) is 6.32. The van der Waals surface area contributed by atoms with E-state index in [1.807, 2.05) is 6.92 Å². The van der Waals surface area contributed by atoms with Crippen molar-refractivity contribution in [3.05, 3.63) is 72.2 Å². The summed E-state index contributed by atoms with van der Waals surface area (Å²) in [5.41, 5.74) is 1.53. The molecular formula is C26H28FN5O4. The van der Waals surface area contributed by atoms with E-state index in [9.17, 15) is 19.1 Å². The number of rotatable bonds is 6. The molecule has 3 aromatic rings. The van der Waals surface area contributed by atoms with Crippen molar-refractivity contribution in [2.45, 2.75) is 26.0 Å². The first kappa shape index (κ1) is 25.2.